The lowest BCUT2D eigenvalue weighted by molar-refractivity contribution is -0.140. The van der Waals surface area contributed by atoms with Crippen molar-refractivity contribution in [3.05, 3.63) is 46.5 Å². The molecule has 2 amide bonds. The van der Waals surface area contributed by atoms with Crippen LogP contribution in [0.2, 0.25) is 5.02 Å². The Bertz CT molecular complexity index is 1270. The number of nitrogens with zero attached hydrogens (tertiary/aromatic N) is 1. The summed E-state index contributed by atoms with van der Waals surface area (Å²) in [5, 5.41) is 7.85. The molecule has 2 heterocycles. The van der Waals surface area contributed by atoms with Gasteiger partial charge >= 0.3 is 12.1 Å². The highest BCUT2D eigenvalue weighted by atomic mass is 35.5. The topological polar surface area (TPSA) is 106 Å². The molecular weight excluding hydrogens is 467 g/mol. The van der Waals surface area contributed by atoms with Gasteiger partial charge in [-0.05, 0) is 48.7 Å². The van der Waals surface area contributed by atoms with Gasteiger partial charge in [0, 0.05) is 11.4 Å². The van der Waals surface area contributed by atoms with Gasteiger partial charge in [0.1, 0.15) is 11.3 Å². The predicted octanol–water partition coefficient (Wildman–Crippen LogP) is 4.38. The summed E-state index contributed by atoms with van der Waals surface area (Å²) in [6.45, 7) is 0. The van der Waals surface area contributed by atoms with Crippen LogP contribution >= 0.6 is 11.6 Å². The second-order valence-electron chi connectivity index (χ2n) is 7.81. The molecule has 2 aromatic carbocycles. The zero-order valence-corrected chi connectivity index (χ0v) is 17.3. The number of halogens is 4. The minimum absolute atomic E-state index is 0.0803. The van der Waals surface area contributed by atoms with E-state index in [2.05, 4.69) is 20.6 Å². The van der Waals surface area contributed by atoms with E-state index in [9.17, 15) is 27.6 Å². The van der Waals surface area contributed by atoms with Crippen molar-refractivity contribution in [1.29, 1.82) is 0 Å². The van der Waals surface area contributed by atoms with Gasteiger partial charge in [-0.3, -0.25) is 9.59 Å². The van der Waals surface area contributed by atoms with E-state index in [0.29, 0.717) is 30.2 Å². The highest BCUT2D eigenvalue weighted by Gasteiger charge is 2.56. The number of rotatable bonds is 4. The Labute approximate surface area is 188 Å². The van der Waals surface area contributed by atoms with Crippen molar-refractivity contribution in [2.75, 3.05) is 10.6 Å². The molecule has 0 atom stereocenters. The van der Waals surface area contributed by atoms with Crippen molar-refractivity contribution in [3.63, 3.8) is 0 Å². The van der Waals surface area contributed by atoms with Crippen LogP contribution in [0.5, 0.6) is 11.5 Å². The van der Waals surface area contributed by atoms with Crippen LogP contribution in [0, 0.1) is 0 Å². The summed E-state index contributed by atoms with van der Waals surface area (Å²) in [6.07, 6.45) is -3.96. The lowest BCUT2D eigenvalue weighted by atomic mass is 9.98. The lowest BCUT2D eigenvalue weighted by Crippen LogP contribution is -2.22. The monoisotopic (exact) mass is 479 g/mol. The first kappa shape index (κ1) is 21.3. The molecule has 2 N–H and O–H groups in total. The molecule has 2 aliphatic heterocycles. The van der Waals surface area contributed by atoms with E-state index >= 15 is 0 Å². The smallest absolute Gasteiger partial charge is 0.420 e. The quantitative estimate of drug-likeness (QED) is 0.633. The zero-order chi connectivity index (χ0) is 23.5. The third kappa shape index (κ3) is 3.67. The summed E-state index contributed by atoms with van der Waals surface area (Å²) < 4.78 is 47.0. The van der Waals surface area contributed by atoms with E-state index in [1.54, 1.807) is 6.07 Å². The third-order valence-electron chi connectivity index (χ3n) is 5.60. The first-order valence-electron chi connectivity index (χ1n) is 9.69. The van der Waals surface area contributed by atoms with E-state index in [4.69, 9.17) is 16.3 Å². The number of benzene rings is 2. The normalized spacial score (nSPS) is 17.9. The Hall–Kier alpha value is -3.60. The van der Waals surface area contributed by atoms with Gasteiger partial charge in [0.2, 0.25) is 5.91 Å². The number of carbonyl (C=O) groups excluding carboxylic acids is 3. The minimum atomic E-state index is -4.87. The summed E-state index contributed by atoms with van der Waals surface area (Å²) in [6, 6.07) is 6.28. The number of alkyl halides is 3. The average molecular weight is 480 g/mol. The van der Waals surface area contributed by atoms with E-state index in [0.717, 1.165) is 6.07 Å². The maximum atomic E-state index is 13.8. The average Bonchev–Trinajstić information content (AvgIpc) is 3.36. The molecular formula is C21H13ClF3N3O5. The van der Waals surface area contributed by atoms with Crippen molar-refractivity contribution >= 4 is 46.5 Å². The number of anilines is 2. The number of fused-ring (bicyclic) bond motifs is 2. The molecule has 3 aliphatic rings. The van der Waals surface area contributed by atoms with Gasteiger partial charge in [0.05, 0.1) is 16.9 Å². The first-order chi connectivity index (χ1) is 15.6. The molecule has 170 valence electrons. The molecule has 0 saturated heterocycles. The van der Waals surface area contributed by atoms with Crippen LogP contribution in [0.15, 0.2) is 35.5 Å². The molecule has 5 rings (SSSR count). The Morgan fingerprint density at radius 3 is 2.61 bits per heavy atom. The Morgan fingerprint density at radius 2 is 1.97 bits per heavy atom. The Balaban J connectivity index is 1.46. The van der Waals surface area contributed by atoms with E-state index in [1.165, 1.54) is 12.1 Å². The molecule has 1 saturated carbocycles. The molecule has 33 heavy (non-hydrogen) atoms. The van der Waals surface area contributed by atoms with Gasteiger partial charge in [-0.25, -0.2) is 4.79 Å². The standard InChI is InChI=1S/C21H13ClF3N3O5/c22-13-6-9(26-18(30)15-8-16(29)33-28-15)5-12(21(23,24)25)17(13)32-10-1-2-14-11(7-10)20(3-4-20)19(31)27-14/h1-2,5-7H,3-4,8H2,(H,26,30)(H,27,31). The number of hydrogen-bond acceptors (Lipinski definition) is 6. The Kier molecular flexibility index (Phi) is 4.64. The maximum absolute atomic E-state index is 13.8. The van der Waals surface area contributed by atoms with Crippen molar-refractivity contribution in [2.45, 2.75) is 30.9 Å². The van der Waals surface area contributed by atoms with Gasteiger partial charge in [-0.15, -0.1) is 0 Å². The summed E-state index contributed by atoms with van der Waals surface area (Å²) in [5.74, 6) is -2.36. The van der Waals surface area contributed by atoms with Crippen LogP contribution in [0.4, 0.5) is 24.5 Å². The third-order valence-corrected chi connectivity index (χ3v) is 5.88. The molecule has 12 heteroatoms. The lowest BCUT2D eigenvalue weighted by Gasteiger charge is -2.18. The predicted molar refractivity (Wildman–Crippen MR) is 109 cm³/mol. The van der Waals surface area contributed by atoms with E-state index in [-0.39, 0.29) is 23.1 Å². The second-order valence-corrected chi connectivity index (χ2v) is 8.22. The molecule has 0 radical (unpaired) electrons. The maximum Gasteiger partial charge on any atom is 0.420 e. The summed E-state index contributed by atoms with van der Waals surface area (Å²) in [5.41, 5.74) is -1.14. The number of oxime groups is 1. The molecule has 1 spiro atoms. The van der Waals surface area contributed by atoms with Crippen LogP contribution in [-0.2, 0) is 30.8 Å². The molecule has 8 nitrogen and oxygen atoms in total. The largest absolute Gasteiger partial charge is 0.455 e. The van der Waals surface area contributed by atoms with Crippen LogP contribution in [0.25, 0.3) is 0 Å². The van der Waals surface area contributed by atoms with Crippen molar-refractivity contribution < 1.29 is 37.1 Å². The number of hydrogen-bond donors (Lipinski definition) is 2. The molecule has 1 fully saturated rings. The van der Waals surface area contributed by atoms with Gasteiger partial charge in [0.15, 0.2) is 11.5 Å². The summed E-state index contributed by atoms with van der Waals surface area (Å²) in [7, 11) is 0. The second kappa shape index (κ2) is 7.20. The minimum Gasteiger partial charge on any atom is -0.455 e. The molecule has 1 aliphatic carbocycles. The first-order valence-corrected chi connectivity index (χ1v) is 10.1. The SMILES string of the molecule is O=C1CC(C(=O)Nc2cc(Cl)c(Oc3ccc4c(c3)C3(CC3)C(=O)N4)c(C(F)(F)F)c2)=NO1. The molecule has 2 aromatic rings. The van der Waals surface area contributed by atoms with Crippen molar-refractivity contribution in [3.8, 4) is 11.5 Å². The van der Waals surface area contributed by atoms with Crippen LogP contribution < -0.4 is 15.4 Å². The van der Waals surface area contributed by atoms with E-state index < -0.39 is 46.2 Å². The highest BCUT2D eigenvalue weighted by molar-refractivity contribution is 6.46. The number of nitrogens with one attached hydrogen (secondary N) is 2. The van der Waals surface area contributed by atoms with Gasteiger partial charge in [-0.2, -0.15) is 13.2 Å². The van der Waals surface area contributed by atoms with Crippen molar-refractivity contribution in [1.82, 2.24) is 0 Å². The molecule has 0 aromatic heterocycles. The van der Waals surface area contributed by atoms with E-state index in [1.807, 2.05) is 0 Å². The fourth-order valence-corrected chi connectivity index (χ4v) is 4.07. The van der Waals surface area contributed by atoms with Crippen LogP contribution in [0.1, 0.15) is 30.4 Å². The number of carbonyl (C=O) groups is 3. The van der Waals surface area contributed by atoms with Crippen LogP contribution in [0.3, 0.4) is 0 Å². The van der Waals surface area contributed by atoms with Gasteiger partial charge < -0.3 is 20.2 Å². The highest BCUT2D eigenvalue weighted by Crippen LogP contribution is 2.56. The molecule has 0 bridgehead atoms. The fourth-order valence-electron chi connectivity index (χ4n) is 3.81. The van der Waals surface area contributed by atoms with Crippen LogP contribution in [-0.4, -0.2) is 23.5 Å². The zero-order valence-electron chi connectivity index (χ0n) is 16.5. The molecule has 0 unspecified atom stereocenters. The fraction of sp³-hybridized carbons (Fsp3) is 0.238. The number of ether oxygens (including phenoxy) is 1. The number of amides is 2. The van der Waals surface area contributed by atoms with Gasteiger partial charge in [0.25, 0.3) is 5.91 Å². The summed E-state index contributed by atoms with van der Waals surface area (Å²) in [4.78, 5) is 39.7. The van der Waals surface area contributed by atoms with Gasteiger partial charge in [-0.1, -0.05) is 16.8 Å². The summed E-state index contributed by atoms with van der Waals surface area (Å²) >= 11 is 6.11. The van der Waals surface area contributed by atoms with Crippen molar-refractivity contribution in [2.24, 2.45) is 5.16 Å². The Morgan fingerprint density at radius 1 is 1.21 bits per heavy atom.